The third kappa shape index (κ3) is 3.74. The number of carbonyl (C=O) groups is 2. The summed E-state index contributed by atoms with van der Waals surface area (Å²) in [4.78, 5) is 22.1. The molecule has 5 nitrogen and oxygen atoms in total. The van der Waals surface area contributed by atoms with Gasteiger partial charge in [-0.1, -0.05) is 6.92 Å². The molecule has 0 aliphatic carbocycles. The highest BCUT2D eigenvalue weighted by molar-refractivity contribution is 5.86. The maximum absolute atomic E-state index is 11.3. The van der Waals surface area contributed by atoms with Crippen molar-refractivity contribution >= 4 is 11.9 Å². The number of hydrogen-bond acceptors (Lipinski definition) is 3. The monoisotopic (exact) mass is 202 g/mol. The van der Waals surface area contributed by atoms with Crippen LogP contribution in [-0.4, -0.2) is 36.1 Å². The molecule has 0 heterocycles. The number of carboxylic acid groups (broad SMARTS) is 1. The zero-order valence-electron chi connectivity index (χ0n) is 8.89. The standard InChI is InChI=1S/C9H18N2O3/c1-4-9(2,8(13)14)11-7(12)5-6-10-3/h10H,4-6H2,1-3H3,(H,11,12)(H,13,14). The molecule has 0 aromatic heterocycles. The van der Waals surface area contributed by atoms with E-state index in [0.717, 1.165) is 0 Å². The van der Waals surface area contributed by atoms with Crippen molar-refractivity contribution in [1.29, 1.82) is 0 Å². The van der Waals surface area contributed by atoms with Crippen molar-refractivity contribution in [2.45, 2.75) is 32.2 Å². The molecule has 0 saturated carbocycles. The molecule has 0 spiro atoms. The summed E-state index contributed by atoms with van der Waals surface area (Å²) in [5.41, 5.74) is -1.15. The fourth-order valence-electron chi connectivity index (χ4n) is 0.902. The van der Waals surface area contributed by atoms with Crippen LogP contribution < -0.4 is 10.6 Å². The third-order valence-electron chi connectivity index (χ3n) is 2.20. The minimum Gasteiger partial charge on any atom is -0.480 e. The zero-order valence-corrected chi connectivity index (χ0v) is 8.89. The SMILES string of the molecule is CCC(C)(NC(=O)CCNC)C(=O)O. The Labute approximate surface area is 83.9 Å². The highest BCUT2D eigenvalue weighted by Gasteiger charge is 2.32. The number of hydrogen-bond donors (Lipinski definition) is 3. The van der Waals surface area contributed by atoms with E-state index in [1.54, 1.807) is 14.0 Å². The van der Waals surface area contributed by atoms with Crippen molar-refractivity contribution in [2.75, 3.05) is 13.6 Å². The molecule has 5 heteroatoms. The van der Waals surface area contributed by atoms with Crippen molar-refractivity contribution in [3.05, 3.63) is 0 Å². The van der Waals surface area contributed by atoms with Crippen LogP contribution in [0.25, 0.3) is 0 Å². The summed E-state index contributed by atoms with van der Waals surface area (Å²) in [5, 5.41) is 14.2. The fourth-order valence-corrected chi connectivity index (χ4v) is 0.902. The molecular weight excluding hydrogens is 184 g/mol. The van der Waals surface area contributed by atoms with Crippen LogP contribution in [0.4, 0.5) is 0 Å². The van der Waals surface area contributed by atoms with Crippen LogP contribution in [0.1, 0.15) is 26.7 Å². The van der Waals surface area contributed by atoms with E-state index < -0.39 is 11.5 Å². The Balaban J connectivity index is 4.18. The number of carboxylic acids is 1. The number of carbonyl (C=O) groups excluding carboxylic acids is 1. The zero-order chi connectivity index (χ0) is 11.2. The molecule has 82 valence electrons. The molecule has 1 unspecified atom stereocenters. The van der Waals surface area contributed by atoms with E-state index >= 15 is 0 Å². The molecule has 1 amide bonds. The molecule has 14 heavy (non-hydrogen) atoms. The molecule has 0 rings (SSSR count). The van der Waals surface area contributed by atoms with Crippen LogP contribution in [0.5, 0.6) is 0 Å². The van der Waals surface area contributed by atoms with Gasteiger partial charge in [-0.3, -0.25) is 4.79 Å². The second-order valence-corrected chi connectivity index (χ2v) is 3.39. The van der Waals surface area contributed by atoms with E-state index in [2.05, 4.69) is 10.6 Å². The Morgan fingerprint density at radius 3 is 2.36 bits per heavy atom. The highest BCUT2D eigenvalue weighted by Crippen LogP contribution is 2.09. The first-order chi connectivity index (χ1) is 6.46. The Hall–Kier alpha value is -1.10. The van der Waals surface area contributed by atoms with Crippen molar-refractivity contribution in [1.82, 2.24) is 10.6 Å². The molecular formula is C9H18N2O3. The van der Waals surface area contributed by atoms with Gasteiger partial charge in [0, 0.05) is 13.0 Å². The summed E-state index contributed by atoms with van der Waals surface area (Å²) in [6.07, 6.45) is 0.660. The lowest BCUT2D eigenvalue weighted by atomic mass is 9.99. The molecule has 1 atom stereocenters. The van der Waals surface area contributed by atoms with Gasteiger partial charge in [-0.15, -0.1) is 0 Å². The van der Waals surface area contributed by atoms with E-state index in [0.29, 0.717) is 19.4 Å². The molecule has 0 aliphatic heterocycles. The van der Waals surface area contributed by atoms with Crippen molar-refractivity contribution in [2.24, 2.45) is 0 Å². The average molecular weight is 202 g/mol. The van der Waals surface area contributed by atoms with Gasteiger partial charge in [0.2, 0.25) is 5.91 Å². The fraction of sp³-hybridized carbons (Fsp3) is 0.778. The molecule has 0 aromatic carbocycles. The predicted molar refractivity (Wildman–Crippen MR) is 53.0 cm³/mol. The molecule has 0 radical (unpaired) electrons. The summed E-state index contributed by atoms with van der Waals surface area (Å²) < 4.78 is 0. The Kier molecular flexibility index (Phi) is 5.15. The van der Waals surface area contributed by atoms with E-state index in [-0.39, 0.29) is 5.91 Å². The van der Waals surface area contributed by atoms with Crippen molar-refractivity contribution < 1.29 is 14.7 Å². The normalized spacial score (nSPS) is 14.5. The lowest BCUT2D eigenvalue weighted by Crippen LogP contribution is -2.52. The average Bonchev–Trinajstić information content (AvgIpc) is 2.14. The Morgan fingerprint density at radius 2 is 2.00 bits per heavy atom. The molecule has 0 fully saturated rings. The van der Waals surface area contributed by atoms with Gasteiger partial charge in [0.05, 0.1) is 0 Å². The van der Waals surface area contributed by atoms with Crippen LogP contribution in [0.15, 0.2) is 0 Å². The van der Waals surface area contributed by atoms with E-state index in [1.165, 1.54) is 6.92 Å². The number of aliphatic carboxylic acids is 1. The van der Waals surface area contributed by atoms with Crippen LogP contribution in [0.3, 0.4) is 0 Å². The van der Waals surface area contributed by atoms with Crippen molar-refractivity contribution in [3.63, 3.8) is 0 Å². The minimum atomic E-state index is -1.15. The Morgan fingerprint density at radius 1 is 1.43 bits per heavy atom. The van der Waals surface area contributed by atoms with E-state index in [9.17, 15) is 9.59 Å². The summed E-state index contributed by atoms with van der Waals surface area (Å²) in [6, 6.07) is 0. The second kappa shape index (κ2) is 5.59. The summed E-state index contributed by atoms with van der Waals surface area (Å²) in [7, 11) is 1.74. The lowest BCUT2D eigenvalue weighted by molar-refractivity contribution is -0.147. The maximum atomic E-state index is 11.3. The summed E-state index contributed by atoms with van der Waals surface area (Å²) >= 11 is 0. The van der Waals surface area contributed by atoms with Gasteiger partial charge in [-0.2, -0.15) is 0 Å². The molecule has 3 N–H and O–H groups in total. The van der Waals surface area contributed by atoms with Gasteiger partial charge in [0.15, 0.2) is 0 Å². The van der Waals surface area contributed by atoms with Gasteiger partial charge in [0.25, 0.3) is 0 Å². The van der Waals surface area contributed by atoms with Gasteiger partial charge in [0.1, 0.15) is 5.54 Å². The summed E-state index contributed by atoms with van der Waals surface area (Å²) in [5.74, 6) is -1.25. The van der Waals surface area contributed by atoms with Crippen LogP contribution >= 0.6 is 0 Å². The van der Waals surface area contributed by atoms with Gasteiger partial charge >= 0.3 is 5.97 Å². The van der Waals surface area contributed by atoms with Crippen LogP contribution in [0, 0.1) is 0 Å². The molecule has 0 bridgehead atoms. The molecule has 0 aromatic rings. The first-order valence-electron chi connectivity index (χ1n) is 4.65. The van der Waals surface area contributed by atoms with Gasteiger partial charge < -0.3 is 15.7 Å². The van der Waals surface area contributed by atoms with E-state index in [1.807, 2.05) is 0 Å². The molecule has 0 aliphatic rings. The van der Waals surface area contributed by atoms with Crippen molar-refractivity contribution in [3.8, 4) is 0 Å². The number of amides is 1. The maximum Gasteiger partial charge on any atom is 0.329 e. The largest absolute Gasteiger partial charge is 0.480 e. The topological polar surface area (TPSA) is 78.4 Å². The lowest BCUT2D eigenvalue weighted by Gasteiger charge is -2.24. The van der Waals surface area contributed by atoms with Crippen LogP contribution in [0.2, 0.25) is 0 Å². The first-order valence-corrected chi connectivity index (χ1v) is 4.65. The highest BCUT2D eigenvalue weighted by atomic mass is 16.4. The second-order valence-electron chi connectivity index (χ2n) is 3.39. The number of rotatable bonds is 6. The van der Waals surface area contributed by atoms with Gasteiger partial charge in [-0.25, -0.2) is 4.79 Å². The third-order valence-corrected chi connectivity index (χ3v) is 2.20. The van der Waals surface area contributed by atoms with E-state index in [4.69, 9.17) is 5.11 Å². The molecule has 0 saturated heterocycles. The first kappa shape index (κ1) is 12.9. The van der Waals surface area contributed by atoms with Crippen LogP contribution in [-0.2, 0) is 9.59 Å². The predicted octanol–water partition coefficient (Wildman–Crippen LogP) is -0.0346. The Bertz CT molecular complexity index is 218. The minimum absolute atomic E-state index is 0.244. The smallest absolute Gasteiger partial charge is 0.329 e. The summed E-state index contributed by atoms with van der Waals surface area (Å²) in [6.45, 7) is 3.78. The number of nitrogens with one attached hydrogen (secondary N) is 2. The quantitative estimate of drug-likeness (QED) is 0.565. The van der Waals surface area contributed by atoms with Gasteiger partial charge in [-0.05, 0) is 20.4 Å².